The first-order chi connectivity index (χ1) is 12.4. The molecule has 0 aromatic heterocycles. The molecule has 2 aliphatic rings. The quantitative estimate of drug-likeness (QED) is 0.606. The molecule has 1 saturated carbocycles. The summed E-state index contributed by atoms with van der Waals surface area (Å²) in [5, 5.41) is 11.0. The molecule has 1 heterocycles. The Morgan fingerprint density at radius 3 is 2.81 bits per heavy atom. The van der Waals surface area contributed by atoms with Crippen LogP contribution in [0.3, 0.4) is 0 Å². The molecule has 8 heteroatoms. The lowest BCUT2D eigenvalue weighted by Crippen LogP contribution is -2.49. The highest BCUT2D eigenvalue weighted by Crippen LogP contribution is 2.35. The topological polar surface area (TPSA) is 93.0 Å². The second-order valence-corrected chi connectivity index (χ2v) is 7.01. The van der Waals surface area contributed by atoms with Crippen LogP contribution in [0.4, 0.5) is 11.4 Å². The Bertz CT molecular complexity index is 736. The number of hydrogen-bond donors (Lipinski definition) is 0. The third-order valence-electron chi connectivity index (χ3n) is 5.35. The minimum absolute atomic E-state index is 0.143. The zero-order valence-electron chi connectivity index (χ0n) is 15.0. The predicted octanol–water partition coefficient (Wildman–Crippen LogP) is 2.36. The highest BCUT2D eigenvalue weighted by atomic mass is 16.6. The van der Waals surface area contributed by atoms with Crippen molar-refractivity contribution in [2.45, 2.75) is 38.6 Å². The fraction of sp³-hybridized carbons (Fsp3) is 0.556. The first-order valence-corrected chi connectivity index (χ1v) is 8.85. The molecule has 0 spiro atoms. The first kappa shape index (κ1) is 18.2. The molecule has 3 rings (SSSR count). The fourth-order valence-corrected chi connectivity index (χ4v) is 3.78. The molecule has 1 aliphatic heterocycles. The highest BCUT2D eigenvalue weighted by Gasteiger charge is 2.33. The van der Waals surface area contributed by atoms with Gasteiger partial charge in [-0.1, -0.05) is 19.8 Å². The van der Waals surface area contributed by atoms with Crippen molar-refractivity contribution in [2.24, 2.45) is 5.92 Å². The van der Waals surface area contributed by atoms with Gasteiger partial charge in [-0.3, -0.25) is 24.6 Å². The average Bonchev–Trinajstić information content (AvgIpc) is 2.63. The van der Waals surface area contributed by atoms with Crippen LogP contribution >= 0.6 is 0 Å². The van der Waals surface area contributed by atoms with Crippen molar-refractivity contribution < 1.29 is 19.2 Å². The van der Waals surface area contributed by atoms with Crippen LogP contribution in [0.25, 0.3) is 0 Å². The summed E-state index contributed by atoms with van der Waals surface area (Å²) < 4.78 is 5.34. The van der Waals surface area contributed by atoms with Crippen LogP contribution in [0.2, 0.25) is 0 Å². The van der Waals surface area contributed by atoms with E-state index in [9.17, 15) is 19.7 Å². The minimum atomic E-state index is -0.533. The number of anilines is 1. The number of nitrogens with zero attached hydrogens (tertiary/aromatic N) is 3. The van der Waals surface area contributed by atoms with Crippen LogP contribution < -0.4 is 9.64 Å². The zero-order chi connectivity index (χ0) is 18.8. The van der Waals surface area contributed by atoms with Gasteiger partial charge in [0.2, 0.25) is 5.91 Å². The van der Waals surface area contributed by atoms with Gasteiger partial charge in [0, 0.05) is 25.2 Å². The maximum atomic E-state index is 12.8. The van der Waals surface area contributed by atoms with E-state index in [1.807, 2.05) is 0 Å². The number of amides is 2. The molecule has 1 aliphatic carbocycles. The third-order valence-corrected chi connectivity index (χ3v) is 5.35. The van der Waals surface area contributed by atoms with Crippen LogP contribution in [-0.4, -0.2) is 47.9 Å². The van der Waals surface area contributed by atoms with Crippen molar-refractivity contribution in [1.82, 2.24) is 4.90 Å². The summed E-state index contributed by atoms with van der Waals surface area (Å²) in [5.74, 6) is 0.246. The van der Waals surface area contributed by atoms with Gasteiger partial charge in [0.25, 0.3) is 11.6 Å². The van der Waals surface area contributed by atoms with Gasteiger partial charge in [-0.05, 0) is 24.8 Å². The fourth-order valence-electron chi connectivity index (χ4n) is 3.78. The van der Waals surface area contributed by atoms with E-state index in [2.05, 4.69) is 6.92 Å². The van der Waals surface area contributed by atoms with Crippen LogP contribution in [0, 0.1) is 16.0 Å². The van der Waals surface area contributed by atoms with E-state index in [1.54, 1.807) is 11.9 Å². The van der Waals surface area contributed by atoms with E-state index in [0.29, 0.717) is 11.7 Å². The van der Waals surface area contributed by atoms with Gasteiger partial charge >= 0.3 is 0 Å². The van der Waals surface area contributed by atoms with E-state index < -0.39 is 4.92 Å². The van der Waals surface area contributed by atoms with Crippen LogP contribution in [0.1, 0.15) is 32.6 Å². The predicted molar refractivity (Wildman–Crippen MR) is 95.1 cm³/mol. The van der Waals surface area contributed by atoms with E-state index in [1.165, 1.54) is 29.5 Å². The van der Waals surface area contributed by atoms with Crippen molar-refractivity contribution in [2.75, 3.05) is 25.1 Å². The summed E-state index contributed by atoms with van der Waals surface area (Å²) >= 11 is 0. The Labute approximate surface area is 151 Å². The number of hydrogen-bond acceptors (Lipinski definition) is 5. The number of ether oxygens (including phenoxy) is 1. The molecule has 0 N–H and O–H groups in total. The number of carbonyl (C=O) groups excluding carboxylic acids is 2. The molecule has 2 unspecified atom stereocenters. The summed E-state index contributed by atoms with van der Waals surface area (Å²) in [7, 11) is 1.77. The Morgan fingerprint density at radius 1 is 1.38 bits per heavy atom. The van der Waals surface area contributed by atoms with Gasteiger partial charge < -0.3 is 9.64 Å². The molecule has 0 bridgehead atoms. The lowest BCUT2D eigenvalue weighted by atomic mass is 9.85. The lowest BCUT2D eigenvalue weighted by Gasteiger charge is -2.37. The Balaban J connectivity index is 1.80. The standard InChI is InChI=1S/C18H23N3O5/c1-12-5-3-4-6-14(12)19(2)17(22)10-20-15-9-13(21(24)25)7-8-16(15)26-11-18(20)23/h7-9,12,14H,3-6,10-11H2,1-2H3. The van der Waals surface area contributed by atoms with E-state index in [4.69, 9.17) is 4.74 Å². The monoisotopic (exact) mass is 361 g/mol. The molecule has 1 fully saturated rings. The van der Waals surface area contributed by atoms with Crippen molar-refractivity contribution in [3.8, 4) is 5.75 Å². The molecular weight excluding hydrogens is 338 g/mol. The smallest absolute Gasteiger partial charge is 0.271 e. The second-order valence-electron chi connectivity index (χ2n) is 7.01. The molecule has 8 nitrogen and oxygen atoms in total. The minimum Gasteiger partial charge on any atom is -0.482 e. The second kappa shape index (κ2) is 7.31. The van der Waals surface area contributed by atoms with Crippen molar-refractivity contribution in [3.63, 3.8) is 0 Å². The largest absolute Gasteiger partial charge is 0.482 e. The SMILES string of the molecule is CC1CCCCC1N(C)C(=O)CN1C(=O)COc2ccc([N+](=O)[O-])cc21. The molecule has 0 radical (unpaired) electrons. The summed E-state index contributed by atoms with van der Waals surface area (Å²) in [6.45, 7) is 1.82. The molecule has 140 valence electrons. The van der Waals surface area contributed by atoms with E-state index in [-0.39, 0.29) is 42.4 Å². The van der Waals surface area contributed by atoms with Crippen LogP contribution in [-0.2, 0) is 9.59 Å². The average molecular weight is 361 g/mol. The summed E-state index contributed by atoms with van der Waals surface area (Å²) in [5.41, 5.74) is 0.127. The Kier molecular flexibility index (Phi) is 5.11. The highest BCUT2D eigenvalue weighted by molar-refractivity contribution is 6.02. The summed E-state index contributed by atoms with van der Waals surface area (Å²) in [6.07, 6.45) is 4.33. The normalized spacial score (nSPS) is 22.4. The number of carbonyl (C=O) groups is 2. The number of benzene rings is 1. The molecule has 1 aromatic rings. The van der Waals surface area contributed by atoms with Gasteiger partial charge in [-0.2, -0.15) is 0 Å². The maximum absolute atomic E-state index is 12.8. The van der Waals surface area contributed by atoms with Crippen molar-refractivity contribution in [1.29, 1.82) is 0 Å². The summed E-state index contributed by atoms with van der Waals surface area (Å²) in [4.78, 5) is 38.6. The summed E-state index contributed by atoms with van der Waals surface area (Å²) in [6, 6.07) is 4.23. The van der Waals surface area contributed by atoms with Gasteiger partial charge in [0.15, 0.2) is 6.61 Å². The molecule has 0 saturated heterocycles. The number of rotatable bonds is 4. The van der Waals surface area contributed by atoms with Crippen molar-refractivity contribution >= 4 is 23.2 Å². The van der Waals surface area contributed by atoms with E-state index in [0.717, 1.165) is 19.3 Å². The molecule has 2 atom stereocenters. The number of nitro groups is 1. The molecule has 1 aromatic carbocycles. The lowest BCUT2D eigenvalue weighted by molar-refractivity contribution is -0.384. The molecular formula is C18H23N3O5. The number of likely N-dealkylation sites (N-methyl/N-ethyl adjacent to an activating group) is 1. The van der Waals surface area contributed by atoms with Gasteiger partial charge in [0.05, 0.1) is 10.6 Å². The maximum Gasteiger partial charge on any atom is 0.271 e. The third kappa shape index (κ3) is 3.49. The Hall–Kier alpha value is -2.64. The molecule has 26 heavy (non-hydrogen) atoms. The van der Waals surface area contributed by atoms with Crippen molar-refractivity contribution in [3.05, 3.63) is 28.3 Å². The number of non-ortho nitro benzene ring substituents is 1. The van der Waals surface area contributed by atoms with Gasteiger partial charge in [0.1, 0.15) is 12.3 Å². The zero-order valence-corrected chi connectivity index (χ0v) is 15.0. The number of fused-ring (bicyclic) bond motifs is 1. The first-order valence-electron chi connectivity index (χ1n) is 8.85. The van der Waals surface area contributed by atoms with Crippen LogP contribution in [0.5, 0.6) is 5.75 Å². The Morgan fingerprint density at radius 2 is 2.12 bits per heavy atom. The van der Waals surface area contributed by atoms with Gasteiger partial charge in [-0.15, -0.1) is 0 Å². The van der Waals surface area contributed by atoms with E-state index >= 15 is 0 Å². The van der Waals surface area contributed by atoms with Gasteiger partial charge in [-0.25, -0.2) is 0 Å². The van der Waals surface area contributed by atoms with Crippen LogP contribution in [0.15, 0.2) is 18.2 Å². The molecule has 2 amide bonds. The number of nitro benzene ring substituents is 1.